The second-order valence-electron chi connectivity index (χ2n) is 7.71. The lowest BCUT2D eigenvalue weighted by atomic mass is 9.67. The van der Waals surface area contributed by atoms with Crippen LogP contribution in [0.2, 0.25) is 0 Å². The molecule has 0 heterocycles. The number of hydrogen-bond acceptors (Lipinski definition) is 0. The summed E-state index contributed by atoms with van der Waals surface area (Å²) in [7, 11) is 0. The molecule has 1 aliphatic carbocycles. The first-order valence-electron chi connectivity index (χ1n) is 9.89. The van der Waals surface area contributed by atoms with Crippen LogP contribution in [0.25, 0.3) is 11.1 Å². The second kappa shape index (κ2) is 7.20. The Hall–Kier alpha value is -3.61. The molecule has 4 aromatic carbocycles. The number of benzene rings is 4. The highest BCUT2D eigenvalue weighted by Gasteiger charge is 2.52. The lowest BCUT2D eigenvalue weighted by molar-refractivity contribution is -0.143. The maximum absolute atomic E-state index is 15.5. The minimum absolute atomic E-state index is 0.249. The zero-order valence-electron chi connectivity index (χ0n) is 16.7. The Morgan fingerprint density at radius 2 is 0.939 bits per heavy atom. The highest BCUT2D eigenvalue weighted by molar-refractivity contribution is 5.86. The van der Waals surface area contributed by atoms with Gasteiger partial charge in [-0.25, -0.2) is 17.6 Å². The Kier molecular flexibility index (Phi) is 4.64. The van der Waals surface area contributed by atoms with Crippen LogP contribution in [0, 0.1) is 23.3 Å². The van der Waals surface area contributed by atoms with Crippen LogP contribution in [0.1, 0.15) is 27.8 Å². The molecule has 0 aliphatic heterocycles. The van der Waals surface area contributed by atoms with E-state index in [-0.39, 0.29) is 5.56 Å². The largest absolute Gasteiger partial charge is 0.422 e. The molecule has 0 nitrogen and oxygen atoms in total. The van der Waals surface area contributed by atoms with Gasteiger partial charge in [0.1, 0.15) is 5.56 Å². The molecule has 0 aromatic heterocycles. The van der Waals surface area contributed by atoms with Gasteiger partial charge in [-0.3, -0.25) is 0 Å². The van der Waals surface area contributed by atoms with E-state index in [0.29, 0.717) is 22.3 Å². The Morgan fingerprint density at radius 1 is 0.515 bits per heavy atom. The molecule has 4 aromatic rings. The van der Waals surface area contributed by atoms with E-state index in [1.807, 2.05) is 0 Å². The second-order valence-corrected chi connectivity index (χ2v) is 7.71. The monoisotopic (exact) mass is 458 g/mol. The van der Waals surface area contributed by atoms with Crippen LogP contribution in [-0.4, -0.2) is 0 Å². The molecule has 0 saturated heterocycles. The summed E-state index contributed by atoms with van der Waals surface area (Å²) in [5.74, 6) is -9.13. The smallest absolute Gasteiger partial charge is 0.203 e. The minimum Gasteiger partial charge on any atom is -0.203 e. The summed E-state index contributed by atoms with van der Waals surface area (Å²) in [4.78, 5) is 0. The van der Waals surface area contributed by atoms with Crippen LogP contribution in [0.3, 0.4) is 0 Å². The Morgan fingerprint density at radius 3 is 1.39 bits per heavy atom. The molecule has 0 fully saturated rings. The molecule has 0 radical (unpaired) electrons. The number of fused-ring (bicyclic) bond motifs is 3. The molecule has 0 saturated carbocycles. The summed E-state index contributed by atoms with van der Waals surface area (Å²) in [6.45, 7) is 0. The Bertz CT molecular complexity index is 1310. The van der Waals surface area contributed by atoms with Crippen molar-refractivity contribution in [3.63, 3.8) is 0 Å². The molecule has 1 aliphatic rings. The predicted octanol–water partition coefficient (Wildman–Crippen LogP) is 7.62. The average Bonchev–Trinajstić information content (AvgIpc) is 3.09. The maximum atomic E-state index is 15.5. The van der Waals surface area contributed by atoms with E-state index in [0.717, 1.165) is 0 Å². The van der Waals surface area contributed by atoms with Crippen molar-refractivity contribution in [1.82, 2.24) is 0 Å². The van der Waals surface area contributed by atoms with Crippen molar-refractivity contribution in [3.8, 4) is 11.1 Å². The van der Waals surface area contributed by atoms with Gasteiger partial charge in [0.05, 0.1) is 5.41 Å². The zero-order chi connectivity index (χ0) is 23.5. The van der Waals surface area contributed by atoms with Gasteiger partial charge in [-0.15, -0.1) is 0 Å². The van der Waals surface area contributed by atoms with E-state index in [9.17, 15) is 22.0 Å². The highest BCUT2D eigenvalue weighted by atomic mass is 19.4. The summed E-state index contributed by atoms with van der Waals surface area (Å²) in [6.07, 6.45) is -5.63. The quantitative estimate of drug-likeness (QED) is 0.189. The molecule has 166 valence electrons. The third-order valence-corrected chi connectivity index (χ3v) is 6.08. The van der Waals surface area contributed by atoms with E-state index in [1.54, 1.807) is 66.7 Å². The van der Waals surface area contributed by atoms with Gasteiger partial charge in [0.15, 0.2) is 23.3 Å². The molecular formula is C26H13F7. The minimum atomic E-state index is -5.63. The Labute approximate surface area is 183 Å². The van der Waals surface area contributed by atoms with E-state index in [1.165, 1.54) is 12.1 Å². The molecule has 5 rings (SSSR count). The van der Waals surface area contributed by atoms with Gasteiger partial charge in [0.2, 0.25) is 0 Å². The Balaban J connectivity index is 2.03. The molecule has 0 spiro atoms. The average molecular weight is 458 g/mol. The van der Waals surface area contributed by atoms with Gasteiger partial charge >= 0.3 is 6.18 Å². The molecule has 0 atom stereocenters. The molecule has 0 unspecified atom stereocenters. The first-order chi connectivity index (χ1) is 15.7. The van der Waals surface area contributed by atoms with Gasteiger partial charge < -0.3 is 0 Å². The highest BCUT2D eigenvalue weighted by Crippen LogP contribution is 2.57. The van der Waals surface area contributed by atoms with Crippen molar-refractivity contribution in [2.24, 2.45) is 0 Å². The maximum Gasteiger partial charge on any atom is 0.422 e. The normalized spacial score (nSPS) is 14.2. The number of rotatable bonds is 2. The van der Waals surface area contributed by atoms with Crippen LogP contribution < -0.4 is 0 Å². The summed E-state index contributed by atoms with van der Waals surface area (Å²) in [6, 6.07) is 20.9. The SMILES string of the molecule is Fc1c(F)c(C2(c3ccccc3)c3ccccc3-c3ccccc32)c(F)c(F)c1C(F)(F)F. The van der Waals surface area contributed by atoms with Crippen LogP contribution >= 0.6 is 0 Å². The fourth-order valence-corrected chi connectivity index (χ4v) is 4.86. The standard InChI is InChI=1S/C26H13F7/c27-21-19(22(28)24(30)20(23(21)29)26(31,32)33)25(14-8-2-1-3-9-14)17-12-6-4-10-15(17)16-11-5-7-13-18(16)25/h1-13H. The third kappa shape index (κ3) is 2.78. The lowest BCUT2D eigenvalue weighted by Crippen LogP contribution is -2.33. The van der Waals surface area contributed by atoms with Crippen LogP contribution in [0.4, 0.5) is 30.7 Å². The van der Waals surface area contributed by atoms with Gasteiger partial charge in [0, 0.05) is 5.56 Å². The zero-order valence-corrected chi connectivity index (χ0v) is 16.7. The van der Waals surface area contributed by atoms with E-state index >= 15 is 8.78 Å². The van der Waals surface area contributed by atoms with Crippen LogP contribution in [-0.2, 0) is 11.6 Å². The molecule has 33 heavy (non-hydrogen) atoms. The summed E-state index contributed by atoms with van der Waals surface area (Å²) < 4.78 is 100. The van der Waals surface area contributed by atoms with Crippen molar-refractivity contribution < 1.29 is 30.7 Å². The van der Waals surface area contributed by atoms with Crippen molar-refractivity contribution in [2.45, 2.75) is 11.6 Å². The van der Waals surface area contributed by atoms with Crippen molar-refractivity contribution >= 4 is 0 Å². The van der Waals surface area contributed by atoms with Crippen molar-refractivity contribution in [3.05, 3.63) is 130 Å². The topological polar surface area (TPSA) is 0 Å². The van der Waals surface area contributed by atoms with E-state index in [4.69, 9.17) is 0 Å². The summed E-state index contributed by atoms with van der Waals surface area (Å²) >= 11 is 0. The van der Waals surface area contributed by atoms with Gasteiger partial charge in [-0.2, -0.15) is 13.2 Å². The van der Waals surface area contributed by atoms with Crippen LogP contribution in [0.5, 0.6) is 0 Å². The molecular weight excluding hydrogens is 445 g/mol. The lowest BCUT2D eigenvalue weighted by Gasteiger charge is -2.34. The fraction of sp³-hybridized carbons (Fsp3) is 0.0769. The number of hydrogen-bond donors (Lipinski definition) is 0. The molecule has 0 bridgehead atoms. The van der Waals surface area contributed by atoms with Crippen molar-refractivity contribution in [2.75, 3.05) is 0 Å². The predicted molar refractivity (Wildman–Crippen MR) is 109 cm³/mol. The molecule has 0 N–H and O–H groups in total. The fourth-order valence-electron chi connectivity index (χ4n) is 4.86. The first kappa shape index (κ1) is 21.2. The van der Waals surface area contributed by atoms with Gasteiger partial charge in [-0.05, 0) is 27.8 Å². The summed E-state index contributed by atoms with van der Waals surface area (Å²) in [5, 5.41) is 0. The van der Waals surface area contributed by atoms with Crippen molar-refractivity contribution in [1.29, 1.82) is 0 Å². The number of alkyl halides is 3. The van der Waals surface area contributed by atoms with Crippen LogP contribution in [0.15, 0.2) is 78.9 Å². The van der Waals surface area contributed by atoms with E-state index in [2.05, 4.69) is 0 Å². The number of halogens is 7. The van der Waals surface area contributed by atoms with Gasteiger partial charge in [0.25, 0.3) is 0 Å². The summed E-state index contributed by atoms with van der Waals surface area (Å²) in [5.41, 5.74) is -3.69. The first-order valence-corrected chi connectivity index (χ1v) is 9.89. The third-order valence-electron chi connectivity index (χ3n) is 6.08. The molecule has 7 heteroatoms. The molecule has 0 amide bonds. The van der Waals surface area contributed by atoms with Gasteiger partial charge in [-0.1, -0.05) is 78.9 Å². The van der Waals surface area contributed by atoms with E-state index < -0.39 is 46.0 Å².